The zero-order chi connectivity index (χ0) is 12.1. The highest BCUT2D eigenvalue weighted by Crippen LogP contribution is 2.28. The van der Waals surface area contributed by atoms with Crippen LogP contribution in [-0.4, -0.2) is 12.8 Å². The van der Waals surface area contributed by atoms with Crippen molar-refractivity contribution in [2.24, 2.45) is 10.7 Å². The summed E-state index contributed by atoms with van der Waals surface area (Å²) in [6.45, 7) is 8.39. The zero-order valence-corrected chi connectivity index (χ0v) is 10.2. The molecule has 0 spiro atoms. The molecule has 0 amide bonds. The van der Waals surface area contributed by atoms with E-state index in [1.165, 1.54) is 0 Å². The Morgan fingerprint density at radius 1 is 1.44 bits per heavy atom. The van der Waals surface area contributed by atoms with E-state index in [4.69, 9.17) is 5.73 Å². The molecule has 3 nitrogen and oxygen atoms in total. The van der Waals surface area contributed by atoms with Crippen molar-refractivity contribution in [3.63, 3.8) is 0 Å². The maximum Gasteiger partial charge on any atom is 0.0766 e. The SMILES string of the molecule is C=C(NC)c1cccc(CN)c1N=C(C)C. The van der Waals surface area contributed by atoms with Gasteiger partial charge in [0.2, 0.25) is 0 Å². The highest BCUT2D eigenvalue weighted by atomic mass is 14.8. The Morgan fingerprint density at radius 3 is 2.62 bits per heavy atom. The number of benzene rings is 1. The quantitative estimate of drug-likeness (QED) is 0.761. The third-order valence-electron chi connectivity index (χ3n) is 2.30. The first kappa shape index (κ1) is 12.5. The minimum absolute atomic E-state index is 0.483. The lowest BCUT2D eigenvalue weighted by molar-refractivity contribution is 1.06. The molecule has 0 unspecified atom stereocenters. The van der Waals surface area contributed by atoms with Crippen LogP contribution < -0.4 is 11.1 Å². The molecule has 1 aromatic carbocycles. The molecule has 0 aliphatic rings. The van der Waals surface area contributed by atoms with Crippen LogP contribution in [0, 0.1) is 0 Å². The zero-order valence-electron chi connectivity index (χ0n) is 10.2. The third kappa shape index (κ3) is 2.70. The van der Waals surface area contributed by atoms with Crippen LogP contribution in [0.5, 0.6) is 0 Å². The van der Waals surface area contributed by atoms with E-state index in [9.17, 15) is 0 Å². The summed E-state index contributed by atoms with van der Waals surface area (Å²) in [5, 5.41) is 3.04. The van der Waals surface area contributed by atoms with Crippen LogP contribution >= 0.6 is 0 Å². The number of nitrogens with two attached hydrogens (primary N) is 1. The van der Waals surface area contributed by atoms with E-state index in [0.717, 1.165) is 28.2 Å². The monoisotopic (exact) mass is 217 g/mol. The lowest BCUT2D eigenvalue weighted by Crippen LogP contribution is -2.05. The van der Waals surface area contributed by atoms with Crippen LogP contribution in [-0.2, 0) is 6.54 Å². The van der Waals surface area contributed by atoms with Crippen molar-refractivity contribution in [3.8, 4) is 0 Å². The first-order chi connectivity index (χ1) is 7.60. The van der Waals surface area contributed by atoms with Crippen LogP contribution in [0.1, 0.15) is 25.0 Å². The van der Waals surface area contributed by atoms with Crippen molar-refractivity contribution in [3.05, 3.63) is 35.9 Å². The average molecular weight is 217 g/mol. The Hall–Kier alpha value is -1.61. The molecular formula is C13H19N3. The van der Waals surface area contributed by atoms with Crippen molar-refractivity contribution in [1.29, 1.82) is 0 Å². The van der Waals surface area contributed by atoms with Crippen LogP contribution in [0.2, 0.25) is 0 Å². The van der Waals surface area contributed by atoms with Crippen molar-refractivity contribution < 1.29 is 0 Å². The van der Waals surface area contributed by atoms with Gasteiger partial charge < -0.3 is 11.1 Å². The second-order valence-electron chi connectivity index (χ2n) is 3.80. The molecule has 0 aliphatic carbocycles. The van der Waals surface area contributed by atoms with Gasteiger partial charge in [0.1, 0.15) is 0 Å². The Bertz CT molecular complexity index is 415. The molecule has 0 atom stereocenters. The smallest absolute Gasteiger partial charge is 0.0766 e. The third-order valence-corrected chi connectivity index (χ3v) is 2.30. The summed E-state index contributed by atoms with van der Waals surface area (Å²) in [7, 11) is 1.85. The van der Waals surface area contributed by atoms with Gasteiger partial charge in [-0.3, -0.25) is 4.99 Å². The molecule has 0 saturated heterocycles. The van der Waals surface area contributed by atoms with Gasteiger partial charge in [-0.15, -0.1) is 0 Å². The first-order valence-corrected chi connectivity index (χ1v) is 5.31. The predicted octanol–water partition coefficient (Wildman–Crippen LogP) is 2.45. The summed E-state index contributed by atoms with van der Waals surface area (Å²) in [5.41, 5.74) is 10.5. The summed E-state index contributed by atoms with van der Waals surface area (Å²) in [5.74, 6) is 0. The second kappa shape index (κ2) is 5.47. The molecule has 0 aliphatic heterocycles. The average Bonchev–Trinajstić information content (AvgIpc) is 2.27. The molecule has 0 saturated carbocycles. The predicted molar refractivity (Wildman–Crippen MR) is 70.9 cm³/mol. The molecular weight excluding hydrogens is 198 g/mol. The summed E-state index contributed by atoms with van der Waals surface area (Å²) in [6.07, 6.45) is 0. The number of rotatable bonds is 4. The minimum Gasteiger partial charge on any atom is -0.388 e. The molecule has 1 rings (SSSR count). The lowest BCUT2D eigenvalue weighted by atomic mass is 10.0. The number of hydrogen-bond donors (Lipinski definition) is 2. The van der Waals surface area contributed by atoms with E-state index in [1.54, 1.807) is 0 Å². The summed E-state index contributed by atoms with van der Waals surface area (Å²) >= 11 is 0. The van der Waals surface area contributed by atoms with Gasteiger partial charge in [-0.05, 0) is 19.4 Å². The van der Waals surface area contributed by atoms with Crippen LogP contribution in [0.3, 0.4) is 0 Å². The Labute approximate surface area is 97.1 Å². The van der Waals surface area contributed by atoms with Gasteiger partial charge in [-0.2, -0.15) is 0 Å². The van der Waals surface area contributed by atoms with Crippen molar-refractivity contribution in [2.75, 3.05) is 7.05 Å². The molecule has 16 heavy (non-hydrogen) atoms. The van der Waals surface area contributed by atoms with Gasteiger partial charge in [-0.1, -0.05) is 24.8 Å². The van der Waals surface area contributed by atoms with E-state index in [1.807, 2.05) is 39.1 Å². The fraction of sp³-hybridized carbons (Fsp3) is 0.308. The van der Waals surface area contributed by atoms with Crippen molar-refractivity contribution in [1.82, 2.24) is 5.32 Å². The molecule has 0 bridgehead atoms. The van der Waals surface area contributed by atoms with E-state index >= 15 is 0 Å². The maximum absolute atomic E-state index is 5.72. The van der Waals surface area contributed by atoms with Crippen LogP contribution in [0.15, 0.2) is 29.8 Å². The number of aliphatic imine (C=N–C) groups is 1. The molecule has 3 N–H and O–H groups in total. The second-order valence-corrected chi connectivity index (χ2v) is 3.80. The minimum atomic E-state index is 0.483. The van der Waals surface area contributed by atoms with Crippen molar-refractivity contribution in [2.45, 2.75) is 20.4 Å². The van der Waals surface area contributed by atoms with E-state index < -0.39 is 0 Å². The fourth-order valence-corrected chi connectivity index (χ4v) is 1.49. The maximum atomic E-state index is 5.72. The van der Waals surface area contributed by atoms with Gasteiger partial charge in [0, 0.05) is 30.6 Å². The van der Waals surface area contributed by atoms with E-state index in [2.05, 4.69) is 16.9 Å². The van der Waals surface area contributed by atoms with E-state index in [0.29, 0.717) is 6.54 Å². The standard InChI is InChI=1S/C13H19N3/c1-9(2)16-13-11(8-14)6-5-7-12(13)10(3)15-4/h5-7,15H,3,8,14H2,1-2,4H3. The van der Waals surface area contributed by atoms with Crippen molar-refractivity contribution >= 4 is 17.1 Å². The Morgan fingerprint density at radius 2 is 2.12 bits per heavy atom. The number of para-hydroxylation sites is 1. The summed E-state index contributed by atoms with van der Waals surface area (Å²) in [6, 6.07) is 5.97. The van der Waals surface area contributed by atoms with Crippen LogP contribution in [0.4, 0.5) is 5.69 Å². The normalized spacial score (nSPS) is 9.75. The van der Waals surface area contributed by atoms with Crippen LogP contribution in [0.25, 0.3) is 5.70 Å². The molecule has 86 valence electrons. The van der Waals surface area contributed by atoms with Gasteiger partial charge in [0.15, 0.2) is 0 Å². The molecule has 3 heteroatoms. The first-order valence-electron chi connectivity index (χ1n) is 5.31. The molecule has 0 fully saturated rings. The largest absolute Gasteiger partial charge is 0.388 e. The Kier molecular flexibility index (Phi) is 4.26. The Balaban J connectivity index is 3.37. The molecule has 0 heterocycles. The topological polar surface area (TPSA) is 50.4 Å². The summed E-state index contributed by atoms with van der Waals surface area (Å²) < 4.78 is 0. The van der Waals surface area contributed by atoms with Gasteiger partial charge in [-0.25, -0.2) is 0 Å². The lowest BCUT2D eigenvalue weighted by Gasteiger charge is -2.12. The molecule has 0 aromatic heterocycles. The fourth-order valence-electron chi connectivity index (χ4n) is 1.49. The highest BCUT2D eigenvalue weighted by molar-refractivity contribution is 5.85. The van der Waals surface area contributed by atoms with Gasteiger partial charge in [0.05, 0.1) is 5.69 Å². The molecule has 1 aromatic rings. The molecule has 0 radical (unpaired) electrons. The number of nitrogens with one attached hydrogen (secondary N) is 1. The summed E-state index contributed by atoms with van der Waals surface area (Å²) in [4.78, 5) is 4.54. The highest BCUT2D eigenvalue weighted by Gasteiger charge is 2.08. The number of hydrogen-bond acceptors (Lipinski definition) is 3. The van der Waals surface area contributed by atoms with Gasteiger partial charge >= 0.3 is 0 Å². The number of nitrogens with zero attached hydrogens (tertiary/aromatic N) is 1. The van der Waals surface area contributed by atoms with Gasteiger partial charge in [0.25, 0.3) is 0 Å². The van der Waals surface area contributed by atoms with E-state index in [-0.39, 0.29) is 0 Å².